The fourth-order valence-electron chi connectivity index (χ4n) is 3.05. The molecular weight excluding hydrogens is 380 g/mol. The lowest BCUT2D eigenvalue weighted by atomic mass is 9.86. The molecule has 0 spiro atoms. The topological polar surface area (TPSA) is 50.4 Å². The van der Waals surface area contributed by atoms with Crippen LogP contribution in [-0.4, -0.2) is 18.2 Å². The molecule has 132 valence electrons. The fraction of sp³-hybridized carbons (Fsp3) is 0.350. The predicted molar refractivity (Wildman–Crippen MR) is 104 cm³/mol. The van der Waals surface area contributed by atoms with Crippen molar-refractivity contribution in [3.63, 3.8) is 0 Å². The van der Waals surface area contributed by atoms with Crippen LogP contribution in [0.5, 0.6) is 0 Å². The zero-order chi connectivity index (χ0) is 17.8. The number of hydrogen-bond acceptors (Lipinski definition) is 3. The molecule has 2 aromatic rings. The van der Waals surface area contributed by atoms with Crippen molar-refractivity contribution in [3.8, 4) is 0 Å². The summed E-state index contributed by atoms with van der Waals surface area (Å²) in [6.07, 6.45) is 1.48. The lowest BCUT2D eigenvalue weighted by Crippen LogP contribution is -2.49. The monoisotopic (exact) mass is 402 g/mol. The summed E-state index contributed by atoms with van der Waals surface area (Å²) in [5.41, 5.74) is 4.57. The smallest absolute Gasteiger partial charge is 0.407 e. The van der Waals surface area contributed by atoms with Crippen LogP contribution in [0.15, 0.2) is 46.9 Å². The van der Waals surface area contributed by atoms with Crippen molar-refractivity contribution in [2.24, 2.45) is 0 Å². The molecule has 0 atom stereocenters. The van der Waals surface area contributed by atoms with Gasteiger partial charge < -0.3 is 15.4 Å². The van der Waals surface area contributed by atoms with Gasteiger partial charge in [-0.1, -0.05) is 46.3 Å². The second-order valence-corrected chi connectivity index (χ2v) is 7.43. The number of alkyl carbamates (subject to hydrolysis) is 1. The molecule has 0 saturated heterocycles. The Morgan fingerprint density at radius 2 is 1.76 bits per heavy atom. The summed E-state index contributed by atoms with van der Waals surface area (Å²) >= 11 is 3.59. The molecule has 0 aliphatic heterocycles. The van der Waals surface area contributed by atoms with E-state index in [9.17, 15) is 4.79 Å². The van der Waals surface area contributed by atoms with E-state index in [1.54, 1.807) is 0 Å². The van der Waals surface area contributed by atoms with Crippen LogP contribution in [-0.2, 0) is 11.3 Å². The Bertz CT molecular complexity index is 720. The Hall–Kier alpha value is -2.01. The van der Waals surface area contributed by atoms with Crippen molar-refractivity contribution in [1.82, 2.24) is 5.32 Å². The predicted octanol–water partition coefficient (Wildman–Crippen LogP) is 4.94. The van der Waals surface area contributed by atoms with Gasteiger partial charge in [-0.15, -0.1) is 0 Å². The van der Waals surface area contributed by atoms with Crippen molar-refractivity contribution in [1.29, 1.82) is 0 Å². The van der Waals surface area contributed by atoms with Gasteiger partial charge in [0.25, 0.3) is 0 Å². The van der Waals surface area contributed by atoms with E-state index >= 15 is 0 Å². The van der Waals surface area contributed by atoms with Gasteiger partial charge >= 0.3 is 6.09 Å². The highest BCUT2D eigenvalue weighted by Crippen LogP contribution is 2.29. The molecule has 0 aromatic heterocycles. The molecule has 5 heteroatoms. The molecule has 0 bridgehead atoms. The molecule has 1 aliphatic rings. The van der Waals surface area contributed by atoms with Gasteiger partial charge in [0, 0.05) is 22.2 Å². The first-order chi connectivity index (χ1) is 12.0. The number of carbonyl (C=O) groups is 1. The maximum atomic E-state index is 11.9. The normalized spacial score (nSPS) is 19.0. The third-order valence-electron chi connectivity index (χ3n) is 4.48. The van der Waals surface area contributed by atoms with Crippen molar-refractivity contribution < 1.29 is 9.53 Å². The third kappa shape index (κ3) is 4.75. The minimum atomic E-state index is -0.345. The SMILES string of the molecule is Cc1cc(NC2CC(NC(=O)OCc3ccccc3)C2)cc(C)c1Br. The lowest BCUT2D eigenvalue weighted by Gasteiger charge is -2.36. The van der Waals surface area contributed by atoms with Gasteiger partial charge in [0.05, 0.1) is 0 Å². The van der Waals surface area contributed by atoms with E-state index in [1.165, 1.54) is 11.1 Å². The van der Waals surface area contributed by atoms with E-state index in [0.29, 0.717) is 12.6 Å². The molecule has 1 fully saturated rings. The summed E-state index contributed by atoms with van der Waals surface area (Å²) < 4.78 is 6.42. The van der Waals surface area contributed by atoms with Gasteiger partial charge in [-0.3, -0.25) is 0 Å². The van der Waals surface area contributed by atoms with Crippen LogP contribution in [0.3, 0.4) is 0 Å². The first-order valence-electron chi connectivity index (χ1n) is 8.52. The summed E-state index contributed by atoms with van der Waals surface area (Å²) in [6, 6.07) is 14.6. The third-order valence-corrected chi connectivity index (χ3v) is 5.73. The molecule has 0 heterocycles. The van der Waals surface area contributed by atoms with Gasteiger partial charge in [-0.2, -0.15) is 0 Å². The minimum absolute atomic E-state index is 0.179. The second-order valence-electron chi connectivity index (χ2n) is 6.64. The average Bonchev–Trinajstić information content (AvgIpc) is 2.57. The Morgan fingerprint density at radius 1 is 1.12 bits per heavy atom. The molecule has 0 unspecified atom stereocenters. The number of benzene rings is 2. The highest BCUT2D eigenvalue weighted by atomic mass is 79.9. The number of aryl methyl sites for hydroxylation is 2. The van der Waals surface area contributed by atoms with E-state index in [2.05, 4.69) is 52.5 Å². The molecule has 3 rings (SSSR count). The van der Waals surface area contributed by atoms with E-state index in [-0.39, 0.29) is 12.1 Å². The average molecular weight is 403 g/mol. The first-order valence-corrected chi connectivity index (χ1v) is 9.31. The van der Waals surface area contributed by atoms with Gasteiger partial charge in [-0.25, -0.2) is 4.79 Å². The Balaban J connectivity index is 1.40. The first kappa shape index (κ1) is 17.8. The van der Waals surface area contributed by atoms with Crippen LogP contribution < -0.4 is 10.6 Å². The van der Waals surface area contributed by atoms with Gasteiger partial charge in [-0.05, 0) is 55.5 Å². The Morgan fingerprint density at radius 3 is 2.40 bits per heavy atom. The van der Waals surface area contributed by atoms with Crippen molar-refractivity contribution in [2.45, 2.75) is 45.4 Å². The standard InChI is InChI=1S/C20H23BrN2O2/c1-13-8-16(9-14(2)19(13)21)22-17-10-18(11-17)23-20(24)25-12-15-6-4-3-5-7-15/h3-9,17-18,22H,10-12H2,1-2H3,(H,23,24). The number of rotatable bonds is 5. The van der Waals surface area contributed by atoms with Crippen LogP contribution >= 0.6 is 15.9 Å². The highest BCUT2D eigenvalue weighted by molar-refractivity contribution is 9.10. The van der Waals surface area contributed by atoms with E-state index < -0.39 is 0 Å². The van der Waals surface area contributed by atoms with Crippen LogP contribution in [0.4, 0.5) is 10.5 Å². The summed E-state index contributed by atoms with van der Waals surface area (Å²) in [5.74, 6) is 0. The molecule has 1 aliphatic carbocycles. The molecule has 25 heavy (non-hydrogen) atoms. The zero-order valence-electron chi connectivity index (χ0n) is 14.5. The molecule has 4 nitrogen and oxygen atoms in total. The maximum absolute atomic E-state index is 11.9. The minimum Gasteiger partial charge on any atom is -0.445 e. The quantitative estimate of drug-likeness (QED) is 0.744. The van der Waals surface area contributed by atoms with E-state index in [1.807, 2.05) is 30.3 Å². The second kappa shape index (κ2) is 7.91. The Kier molecular flexibility index (Phi) is 5.63. The van der Waals surface area contributed by atoms with Crippen LogP contribution in [0.1, 0.15) is 29.5 Å². The number of hydrogen-bond donors (Lipinski definition) is 2. The van der Waals surface area contributed by atoms with Crippen LogP contribution in [0.25, 0.3) is 0 Å². The van der Waals surface area contributed by atoms with Gasteiger partial charge in [0.2, 0.25) is 0 Å². The summed E-state index contributed by atoms with van der Waals surface area (Å²) in [5, 5.41) is 6.46. The van der Waals surface area contributed by atoms with E-state index in [0.717, 1.165) is 28.6 Å². The number of amides is 1. The van der Waals surface area contributed by atoms with Gasteiger partial charge in [0.15, 0.2) is 0 Å². The lowest BCUT2D eigenvalue weighted by molar-refractivity contribution is 0.129. The Labute approximate surface area is 157 Å². The van der Waals surface area contributed by atoms with E-state index in [4.69, 9.17) is 4.74 Å². The number of anilines is 1. The van der Waals surface area contributed by atoms with Crippen molar-refractivity contribution in [3.05, 3.63) is 63.6 Å². The zero-order valence-corrected chi connectivity index (χ0v) is 16.1. The number of ether oxygens (including phenoxy) is 1. The molecule has 1 amide bonds. The van der Waals surface area contributed by atoms with Crippen molar-refractivity contribution in [2.75, 3.05) is 5.32 Å². The van der Waals surface area contributed by atoms with Crippen molar-refractivity contribution >= 4 is 27.7 Å². The fourth-order valence-corrected chi connectivity index (χ4v) is 3.28. The molecule has 0 radical (unpaired) electrons. The largest absolute Gasteiger partial charge is 0.445 e. The molecule has 2 N–H and O–H groups in total. The number of carbonyl (C=O) groups excluding carboxylic acids is 1. The van der Waals surface area contributed by atoms with Gasteiger partial charge in [0.1, 0.15) is 6.61 Å². The number of nitrogens with one attached hydrogen (secondary N) is 2. The summed E-state index contributed by atoms with van der Waals surface area (Å²) in [4.78, 5) is 11.9. The summed E-state index contributed by atoms with van der Waals surface area (Å²) in [6.45, 7) is 4.49. The molecule has 1 saturated carbocycles. The van der Waals surface area contributed by atoms with Crippen LogP contribution in [0, 0.1) is 13.8 Å². The molecular formula is C20H23BrN2O2. The van der Waals surface area contributed by atoms with Crippen LogP contribution in [0.2, 0.25) is 0 Å². The molecule has 2 aromatic carbocycles. The highest BCUT2D eigenvalue weighted by Gasteiger charge is 2.30. The maximum Gasteiger partial charge on any atom is 0.407 e. The summed E-state index contributed by atoms with van der Waals surface area (Å²) in [7, 11) is 0. The number of halogens is 1.